The SMILES string of the molecule is O=Cc1nc(F)cc(Cl)c1C(F)F. The number of carbonyl (C=O) groups is 1. The number of hydrogen-bond acceptors (Lipinski definition) is 2. The predicted molar refractivity (Wildman–Crippen MR) is 39.5 cm³/mol. The zero-order valence-corrected chi connectivity index (χ0v) is 6.86. The fraction of sp³-hybridized carbons (Fsp3) is 0.143. The van der Waals surface area contributed by atoms with E-state index in [9.17, 15) is 18.0 Å². The Labute approximate surface area is 76.3 Å². The summed E-state index contributed by atoms with van der Waals surface area (Å²) < 4.78 is 36.9. The molecule has 0 N–H and O–H groups in total. The summed E-state index contributed by atoms with van der Waals surface area (Å²) in [5.74, 6) is -1.06. The van der Waals surface area contributed by atoms with E-state index >= 15 is 0 Å². The van der Waals surface area contributed by atoms with Crippen molar-refractivity contribution in [3.05, 3.63) is 28.3 Å². The monoisotopic (exact) mass is 209 g/mol. The van der Waals surface area contributed by atoms with Crippen LogP contribution < -0.4 is 0 Å². The van der Waals surface area contributed by atoms with Gasteiger partial charge in [-0.2, -0.15) is 4.39 Å². The Hall–Kier alpha value is -1.10. The van der Waals surface area contributed by atoms with Crippen LogP contribution in [0.3, 0.4) is 0 Å². The fourth-order valence-corrected chi connectivity index (χ4v) is 1.09. The summed E-state index contributed by atoms with van der Waals surface area (Å²) in [5, 5.41) is -0.496. The van der Waals surface area contributed by atoms with Crippen molar-refractivity contribution >= 4 is 17.9 Å². The van der Waals surface area contributed by atoms with Crippen molar-refractivity contribution in [2.24, 2.45) is 0 Å². The van der Waals surface area contributed by atoms with E-state index in [0.29, 0.717) is 6.07 Å². The van der Waals surface area contributed by atoms with Gasteiger partial charge in [-0.05, 0) is 0 Å². The van der Waals surface area contributed by atoms with Gasteiger partial charge in [0.25, 0.3) is 6.43 Å². The molecule has 0 bridgehead atoms. The van der Waals surface area contributed by atoms with E-state index in [1.165, 1.54) is 0 Å². The van der Waals surface area contributed by atoms with Crippen LogP contribution >= 0.6 is 11.6 Å². The Kier molecular flexibility index (Phi) is 2.87. The van der Waals surface area contributed by atoms with Gasteiger partial charge >= 0.3 is 0 Å². The molecule has 0 aromatic carbocycles. The van der Waals surface area contributed by atoms with Crippen LogP contribution in [0.1, 0.15) is 22.5 Å². The number of carbonyl (C=O) groups excluding carboxylic acids is 1. The topological polar surface area (TPSA) is 30.0 Å². The van der Waals surface area contributed by atoms with Crippen LogP contribution in [0.2, 0.25) is 5.02 Å². The highest BCUT2D eigenvalue weighted by Gasteiger charge is 2.19. The summed E-state index contributed by atoms with van der Waals surface area (Å²) in [5.41, 5.74) is -1.40. The van der Waals surface area contributed by atoms with Crippen LogP contribution in [-0.4, -0.2) is 11.3 Å². The molecule has 70 valence electrons. The summed E-state index contributed by atoms with van der Waals surface area (Å²) in [6, 6.07) is 0.635. The lowest BCUT2D eigenvalue weighted by Gasteiger charge is -2.04. The molecule has 1 heterocycles. The summed E-state index contributed by atoms with van der Waals surface area (Å²) in [6.45, 7) is 0. The van der Waals surface area contributed by atoms with Crippen molar-refractivity contribution in [3.63, 3.8) is 0 Å². The normalized spacial score (nSPS) is 10.5. The van der Waals surface area contributed by atoms with E-state index in [4.69, 9.17) is 11.6 Å². The largest absolute Gasteiger partial charge is 0.296 e. The average molecular weight is 210 g/mol. The van der Waals surface area contributed by atoms with Gasteiger partial charge in [-0.3, -0.25) is 4.79 Å². The first-order valence-electron chi connectivity index (χ1n) is 3.15. The van der Waals surface area contributed by atoms with Crippen molar-refractivity contribution in [3.8, 4) is 0 Å². The third-order valence-corrected chi connectivity index (χ3v) is 1.65. The molecule has 0 unspecified atom stereocenters. The Morgan fingerprint density at radius 3 is 2.62 bits per heavy atom. The molecular formula is C7H3ClF3NO. The highest BCUT2D eigenvalue weighted by Crippen LogP contribution is 2.28. The third kappa shape index (κ3) is 1.98. The molecule has 2 nitrogen and oxygen atoms in total. The molecule has 0 saturated heterocycles. The number of pyridine rings is 1. The molecule has 1 aromatic rings. The molecule has 0 fully saturated rings. The van der Waals surface area contributed by atoms with Crippen molar-refractivity contribution in [1.82, 2.24) is 4.98 Å². The molecule has 13 heavy (non-hydrogen) atoms. The lowest BCUT2D eigenvalue weighted by Crippen LogP contribution is -2.00. The third-order valence-electron chi connectivity index (χ3n) is 1.34. The van der Waals surface area contributed by atoms with E-state index in [0.717, 1.165) is 0 Å². The zero-order chi connectivity index (χ0) is 10.0. The number of rotatable bonds is 2. The smallest absolute Gasteiger partial charge is 0.267 e. The van der Waals surface area contributed by atoms with Gasteiger partial charge in [0.2, 0.25) is 5.95 Å². The van der Waals surface area contributed by atoms with Gasteiger partial charge in [0.1, 0.15) is 5.69 Å². The van der Waals surface area contributed by atoms with Gasteiger partial charge in [-0.1, -0.05) is 11.6 Å². The van der Waals surface area contributed by atoms with Gasteiger partial charge in [-0.15, -0.1) is 0 Å². The number of hydrogen-bond donors (Lipinski definition) is 0. The molecule has 6 heteroatoms. The molecule has 0 aliphatic carbocycles. The molecule has 0 atom stereocenters. The quantitative estimate of drug-likeness (QED) is 0.554. The van der Waals surface area contributed by atoms with Gasteiger partial charge in [-0.25, -0.2) is 13.8 Å². The van der Waals surface area contributed by atoms with E-state index in [1.54, 1.807) is 0 Å². The van der Waals surface area contributed by atoms with Crippen LogP contribution in [0.15, 0.2) is 6.07 Å². The first-order chi connectivity index (χ1) is 6.06. The first-order valence-corrected chi connectivity index (χ1v) is 3.53. The van der Waals surface area contributed by atoms with Crippen molar-refractivity contribution in [1.29, 1.82) is 0 Å². The highest BCUT2D eigenvalue weighted by molar-refractivity contribution is 6.31. The second kappa shape index (κ2) is 3.74. The number of nitrogens with zero attached hydrogens (tertiary/aromatic N) is 1. The molecule has 0 saturated carbocycles. The zero-order valence-electron chi connectivity index (χ0n) is 6.10. The van der Waals surface area contributed by atoms with E-state index in [2.05, 4.69) is 4.98 Å². The Morgan fingerprint density at radius 1 is 1.54 bits per heavy atom. The van der Waals surface area contributed by atoms with Crippen LogP contribution in [0.25, 0.3) is 0 Å². The standard InChI is InChI=1S/C7H3ClF3NO/c8-3-1-5(9)12-4(2-13)6(3)7(10)11/h1-2,7H. The van der Waals surface area contributed by atoms with E-state index < -0.39 is 28.7 Å². The van der Waals surface area contributed by atoms with E-state index in [1.807, 2.05) is 0 Å². The molecular weight excluding hydrogens is 207 g/mol. The molecule has 0 spiro atoms. The van der Waals surface area contributed by atoms with Crippen LogP contribution in [0.4, 0.5) is 13.2 Å². The molecule has 0 radical (unpaired) electrons. The summed E-state index contributed by atoms with van der Waals surface area (Å²) in [7, 11) is 0. The first kappa shape index (κ1) is 9.98. The Bertz CT molecular complexity index is 343. The number of halogens is 4. The molecule has 0 amide bonds. The number of alkyl halides is 2. The van der Waals surface area contributed by atoms with Crippen molar-refractivity contribution in [2.75, 3.05) is 0 Å². The van der Waals surface area contributed by atoms with Gasteiger partial charge < -0.3 is 0 Å². The van der Waals surface area contributed by atoms with Gasteiger partial charge in [0, 0.05) is 6.07 Å². The van der Waals surface area contributed by atoms with Crippen molar-refractivity contribution < 1.29 is 18.0 Å². The minimum Gasteiger partial charge on any atom is -0.296 e. The van der Waals surface area contributed by atoms with Crippen molar-refractivity contribution in [2.45, 2.75) is 6.43 Å². The Balaban J connectivity index is 3.38. The summed E-state index contributed by atoms with van der Waals surface area (Å²) >= 11 is 5.29. The number of aromatic nitrogens is 1. The summed E-state index contributed by atoms with van der Waals surface area (Å²) in [4.78, 5) is 13.2. The summed E-state index contributed by atoms with van der Waals surface area (Å²) in [6.07, 6.45) is -2.91. The second-order valence-electron chi connectivity index (χ2n) is 2.14. The average Bonchev–Trinajstić information content (AvgIpc) is 2.01. The molecule has 1 rings (SSSR count). The van der Waals surface area contributed by atoms with Crippen LogP contribution in [-0.2, 0) is 0 Å². The van der Waals surface area contributed by atoms with Crippen LogP contribution in [0.5, 0.6) is 0 Å². The maximum Gasteiger partial charge on any atom is 0.267 e. The highest BCUT2D eigenvalue weighted by atomic mass is 35.5. The van der Waals surface area contributed by atoms with Crippen LogP contribution in [0, 0.1) is 5.95 Å². The Morgan fingerprint density at radius 2 is 2.15 bits per heavy atom. The molecule has 1 aromatic heterocycles. The lowest BCUT2D eigenvalue weighted by atomic mass is 10.2. The minimum absolute atomic E-state index is 0.0381. The second-order valence-corrected chi connectivity index (χ2v) is 2.55. The maximum atomic E-state index is 12.5. The van der Waals surface area contributed by atoms with Gasteiger partial charge in [0.15, 0.2) is 6.29 Å². The maximum absolute atomic E-state index is 12.5. The predicted octanol–water partition coefficient (Wildman–Crippen LogP) is 2.62. The molecule has 0 aliphatic rings. The number of aldehydes is 1. The lowest BCUT2D eigenvalue weighted by molar-refractivity contribution is 0.110. The molecule has 0 aliphatic heterocycles. The van der Waals surface area contributed by atoms with E-state index in [-0.39, 0.29) is 6.29 Å². The minimum atomic E-state index is -2.94. The fourth-order valence-electron chi connectivity index (χ4n) is 0.818. The van der Waals surface area contributed by atoms with Gasteiger partial charge in [0.05, 0.1) is 10.6 Å².